The first-order chi connectivity index (χ1) is 12.4. The van der Waals surface area contributed by atoms with Gasteiger partial charge in [-0.3, -0.25) is 0 Å². The number of nitrogens with zero attached hydrogens (tertiary/aromatic N) is 4. The monoisotopic (exact) mass is 350 g/mol. The van der Waals surface area contributed by atoms with E-state index >= 15 is 0 Å². The summed E-state index contributed by atoms with van der Waals surface area (Å²) in [7, 11) is 2.06. The van der Waals surface area contributed by atoms with Crippen LogP contribution in [0, 0.1) is 0 Å². The van der Waals surface area contributed by atoms with E-state index in [1.54, 1.807) is 6.33 Å². The summed E-state index contributed by atoms with van der Waals surface area (Å²) in [5.74, 6) is 1.68. The minimum atomic E-state index is 0.233. The second-order valence-electron chi connectivity index (χ2n) is 6.90. The fourth-order valence-electron chi connectivity index (χ4n) is 3.05. The molecule has 136 valence electrons. The maximum absolute atomic E-state index is 5.94. The molecule has 1 aliphatic rings. The van der Waals surface area contributed by atoms with Gasteiger partial charge in [0.05, 0.1) is 12.3 Å². The summed E-state index contributed by atoms with van der Waals surface area (Å²) in [6.07, 6.45) is 4.45. The van der Waals surface area contributed by atoms with Gasteiger partial charge in [0.1, 0.15) is 12.1 Å². The van der Waals surface area contributed by atoms with Crippen LogP contribution >= 0.6 is 0 Å². The summed E-state index contributed by atoms with van der Waals surface area (Å²) in [4.78, 5) is 6.54. The summed E-state index contributed by atoms with van der Waals surface area (Å²) in [6, 6.07) is 6.42. The van der Waals surface area contributed by atoms with E-state index in [2.05, 4.69) is 61.2 Å². The largest absolute Gasteiger partial charge is 0.491 e. The van der Waals surface area contributed by atoms with Crippen molar-refractivity contribution in [3.63, 3.8) is 0 Å². The van der Waals surface area contributed by atoms with E-state index in [1.807, 2.05) is 23.7 Å². The molecule has 1 aliphatic heterocycles. The average molecular weight is 350 g/mol. The van der Waals surface area contributed by atoms with Crippen molar-refractivity contribution < 1.29 is 4.74 Å². The van der Waals surface area contributed by atoms with Crippen molar-refractivity contribution in [1.29, 1.82) is 0 Å². The predicted molar refractivity (Wildman–Crippen MR) is 107 cm³/mol. The van der Waals surface area contributed by atoms with Crippen LogP contribution in [-0.2, 0) is 0 Å². The third-order valence-corrected chi connectivity index (χ3v) is 4.55. The lowest BCUT2D eigenvalue weighted by Crippen LogP contribution is -2.16. The number of aromatic nitrogens is 3. The molecule has 0 aliphatic carbocycles. The van der Waals surface area contributed by atoms with Crippen LogP contribution in [0.3, 0.4) is 0 Å². The summed E-state index contributed by atoms with van der Waals surface area (Å²) < 4.78 is 7.83. The molecular weight excluding hydrogens is 324 g/mol. The Bertz CT molecular complexity index is 876. The van der Waals surface area contributed by atoms with Crippen molar-refractivity contribution in [3.05, 3.63) is 60.8 Å². The topological polar surface area (TPSA) is 43.2 Å². The molecule has 0 saturated carbocycles. The Hall–Kier alpha value is -2.82. The summed E-state index contributed by atoms with van der Waals surface area (Å²) >= 11 is 0. The molecule has 0 bridgehead atoms. The highest BCUT2D eigenvalue weighted by molar-refractivity contribution is 5.74. The lowest BCUT2D eigenvalue weighted by Gasteiger charge is -2.22. The zero-order valence-electron chi connectivity index (χ0n) is 16.0. The summed E-state index contributed by atoms with van der Waals surface area (Å²) in [5.41, 5.74) is 5.15. The molecule has 2 aromatic rings. The van der Waals surface area contributed by atoms with Gasteiger partial charge in [-0.05, 0) is 44.5 Å². The van der Waals surface area contributed by atoms with Gasteiger partial charge in [0.15, 0.2) is 5.82 Å². The van der Waals surface area contributed by atoms with Gasteiger partial charge in [-0.2, -0.15) is 5.10 Å². The Kier molecular flexibility index (Phi) is 4.98. The van der Waals surface area contributed by atoms with Crippen LogP contribution in [0.25, 0.3) is 11.1 Å². The molecule has 0 saturated heterocycles. The number of hydrogen-bond acceptors (Lipinski definition) is 4. The Morgan fingerprint density at radius 2 is 2.08 bits per heavy atom. The van der Waals surface area contributed by atoms with Crippen molar-refractivity contribution in [2.24, 2.45) is 0 Å². The second-order valence-corrected chi connectivity index (χ2v) is 6.90. The number of allylic oxidation sites excluding steroid dienone is 3. The first-order valence-electron chi connectivity index (χ1n) is 8.84. The third-order valence-electron chi connectivity index (χ3n) is 4.55. The van der Waals surface area contributed by atoms with Crippen LogP contribution in [0.5, 0.6) is 5.75 Å². The molecule has 0 spiro atoms. The number of ether oxygens (including phenoxy) is 1. The highest BCUT2D eigenvalue weighted by Crippen LogP contribution is 2.36. The SMILES string of the molecule is C=C(C)c1ccc2c(c1)N(C)C(=CC(=C)c1ncnn1C(C)C)CCO2. The molecule has 0 fully saturated rings. The van der Waals surface area contributed by atoms with Gasteiger partial charge in [-0.15, -0.1) is 0 Å². The molecule has 3 rings (SSSR count). The van der Waals surface area contributed by atoms with Crippen LogP contribution < -0.4 is 9.64 Å². The number of rotatable bonds is 4. The number of hydrogen-bond donors (Lipinski definition) is 0. The summed E-state index contributed by atoms with van der Waals surface area (Å²) in [6.45, 7) is 15.1. The zero-order chi connectivity index (χ0) is 18.8. The Morgan fingerprint density at radius 3 is 2.77 bits per heavy atom. The average Bonchev–Trinajstić information content (AvgIpc) is 3.05. The first kappa shape index (κ1) is 18.0. The van der Waals surface area contributed by atoms with E-state index < -0.39 is 0 Å². The van der Waals surface area contributed by atoms with E-state index in [1.165, 1.54) is 0 Å². The highest BCUT2D eigenvalue weighted by Gasteiger charge is 2.19. The molecule has 0 N–H and O–H groups in total. The quantitative estimate of drug-likeness (QED) is 0.801. The fourth-order valence-corrected chi connectivity index (χ4v) is 3.05. The molecule has 1 aromatic heterocycles. The maximum atomic E-state index is 5.94. The zero-order valence-corrected chi connectivity index (χ0v) is 16.0. The minimum absolute atomic E-state index is 0.233. The van der Waals surface area contributed by atoms with Crippen molar-refractivity contribution in [3.8, 4) is 5.75 Å². The minimum Gasteiger partial charge on any atom is -0.491 e. The standard InChI is InChI=1S/C21H26N4O/c1-14(2)17-7-8-20-19(12-17)24(6)18(9-10-26-20)11-16(5)21-22-13-23-25(21)15(3)4/h7-8,11-13,15H,1,5,9-10H2,2-4,6H3. The van der Waals surface area contributed by atoms with Crippen LogP contribution in [0.4, 0.5) is 5.69 Å². The van der Waals surface area contributed by atoms with Crippen LogP contribution in [0.15, 0.2) is 49.5 Å². The predicted octanol–water partition coefficient (Wildman–Crippen LogP) is 4.71. The van der Waals surface area contributed by atoms with Gasteiger partial charge in [0.2, 0.25) is 0 Å². The van der Waals surface area contributed by atoms with Crippen molar-refractivity contribution in [1.82, 2.24) is 14.8 Å². The highest BCUT2D eigenvalue weighted by atomic mass is 16.5. The van der Waals surface area contributed by atoms with Crippen molar-refractivity contribution in [2.45, 2.75) is 33.2 Å². The first-order valence-corrected chi connectivity index (χ1v) is 8.84. The smallest absolute Gasteiger partial charge is 0.157 e. The molecule has 0 atom stereocenters. The molecule has 5 heteroatoms. The molecule has 5 nitrogen and oxygen atoms in total. The van der Waals surface area contributed by atoms with Gasteiger partial charge < -0.3 is 9.64 Å². The molecule has 0 amide bonds. The lowest BCUT2D eigenvalue weighted by atomic mass is 10.1. The van der Waals surface area contributed by atoms with Gasteiger partial charge in [0, 0.05) is 30.8 Å². The van der Waals surface area contributed by atoms with Gasteiger partial charge in [0.25, 0.3) is 0 Å². The molecule has 26 heavy (non-hydrogen) atoms. The normalized spacial score (nSPS) is 15.6. The van der Waals surface area contributed by atoms with E-state index in [9.17, 15) is 0 Å². The Balaban J connectivity index is 1.96. The Labute approximate surface area is 155 Å². The van der Waals surface area contributed by atoms with E-state index in [0.29, 0.717) is 6.61 Å². The number of fused-ring (bicyclic) bond motifs is 1. The molecule has 2 heterocycles. The molecular formula is C21H26N4O. The van der Waals surface area contributed by atoms with Gasteiger partial charge in [-0.25, -0.2) is 9.67 Å². The summed E-state index contributed by atoms with van der Waals surface area (Å²) in [5, 5.41) is 4.30. The molecule has 0 radical (unpaired) electrons. The molecule has 0 unspecified atom stereocenters. The third kappa shape index (κ3) is 3.43. The van der Waals surface area contributed by atoms with Crippen LogP contribution in [-0.4, -0.2) is 28.4 Å². The maximum Gasteiger partial charge on any atom is 0.157 e. The van der Waals surface area contributed by atoms with Crippen molar-refractivity contribution in [2.75, 3.05) is 18.6 Å². The van der Waals surface area contributed by atoms with Crippen LogP contribution in [0.1, 0.15) is 44.6 Å². The van der Waals surface area contributed by atoms with Crippen LogP contribution in [0.2, 0.25) is 0 Å². The van der Waals surface area contributed by atoms with Gasteiger partial charge >= 0.3 is 0 Å². The van der Waals surface area contributed by atoms with E-state index in [0.717, 1.165) is 46.1 Å². The second kappa shape index (κ2) is 7.20. The van der Waals surface area contributed by atoms with Gasteiger partial charge in [-0.1, -0.05) is 24.8 Å². The number of anilines is 1. The lowest BCUT2D eigenvalue weighted by molar-refractivity contribution is 0.328. The number of benzene rings is 1. The fraction of sp³-hybridized carbons (Fsp3) is 0.333. The van der Waals surface area contributed by atoms with E-state index in [4.69, 9.17) is 4.74 Å². The van der Waals surface area contributed by atoms with Crippen molar-refractivity contribution >= 4 is 16.8 Å². The Morgan fingerprint density at radius 1 is 1.31 bits per heavy atom. The molecule has 1 aromatic carbocycles. The van der Waals surface area contributed by atoms with E-state index in [-0.39, 0.29) is 6.04 Å².